The van der Waals surface area contributed by atoms with Crippen LogP contribution in [0.25, 0.3) is 17.1 Å². The number of rotatable bonds is 5. The molecule has 0 fully saturated rings. The highest BCUT2D eigenvalue weighted by molar-refractivity contribution is 8.00. The summed E-state index contributed by atoms with van der Waals surface area (Å²) in [4.78, 5) is 15.9. The lowest BCUT2D eigenvalue weighted by Gasteiger charge is -2.14. The number of hydrogen-bond acceptors (Lipinski definition) is 6. The van der Waals surface area contributed by atoms with Crippen LogP contribution in [0.15, 0.2) is 53.9 Å². The number of pyridine rings is 1. The molecule has 0 radical (unpaired) electrons. The van der Waals surface area contributed by atoms with Crippen molar-refractivity contribution < 1.29 is 9.53 Å². The molecule has 0 spiro atoms. The predicted molar refractivity (Wildman–Crippen MR) is 96.7 cm³/mol. The second-order valence-electron chi connectivity index (χ2n) is 5.45. The van der Waals surface area contributed by atoms with Gasteiger partial charge in [-0.15, -0.1) is 10.2 Å². The van der Waals surface area contributed by atoms with Crippen LogP contribution in [-0.2, 0) is 9.53 Å². The van der Waals surface area contributed by atoms with E-state index in [9.17, 15) is 4.79 Å². The van der Waals surface area contributed by atoms with E-state index in [0.717, 1.165) is 16.8 Å². The molecule has 0 bridgehead atoms. The van der Waals surface area contributed by atoms with Gasteiger partial charge in [-0.25, -0.2) is 0 Å². The van der Waals surface area contributed by atoms with Crippen molar-refractivity contribution in [2.45, 2.75) is 24.3 Å². The Hall–Kier alpha value is -2.67. The molecule has 0 N–H and O–H groups in total. The van der Waals surface area contributed by atoms with E-state index in [-0.39, 0.29) is 11.2 Å². The molecule has 0 saturated carbocycles. The third-order valence-electron chi connectivity index (χ3n) is 3.74. The van der Waals surface area contributed by atoms with Crippen molar-refractivity contribution in [3.63, 3.8) is 0 Å². The summed E-state index contributed by atoms with van der Waals surface area (Å²) in [7, 11) is 1.38. The number of aromatic nitrogens is 4. The van der Waals surface area contributed by atoms with Crippen LogP contribution in [0.1, 0.15) is 12.5 Å². The van der Waals surface area contributed by atoms with Crippen LogP contribution in [0.5, 0.6) is 0 Å². The summed E-state index contributed by atoms with van der Waals surface area (Å²) in [5.41, 5.74) is 2.97. The molecule has 0 aliphatic carbocycles. The van der Waals surface area contributed by atoms with Gasteiger partial charge in [0, 0.05) is 18.0 Å². The Bertz CT molecular complexity index is 880. The Kier molecular flexibility index (Phi) is 5.14. The number of methoxy groups -OCH3 is 1. The van der Waals surface area contributed by atoms with E-state index in [2.05, 4.69) is 15.2 Å². The van der Waals surface area contributed by atoms with Crippen molar-refractivity contribution in [2.24, 2.45) is 0 Å². The number of hydrogen-bond donors (Lipinski definition) is 0. The number of thioether (sulfide) groups is 1. The molecule has 7 heteroatoms. The lowest BCUT2D eigenvalue weighted by molar-refractivity contribution is -0.139. The molecule has 25 heavy (non-hydrogen) atoms. The fraction of sp³-hybridized carbons (Fsp3) is 0.222. The summed E-state index contributed by atoms with van der Waals surface area (Å²) in [6.07, 6.45) is 3.44. The van der Waals surface area contributed by atoms with Gasteiger partial charge in [-0.2, -0.15) is 0 Å². The molecular formula is C18H18N4O2S. The van der Waals surface area contributed by atoms with Gasteiger partial charge in [-0.05, 0) is 37.6 Å². The fourth-order valence-corrected chi connectivity index (χ4v) is 3.32. The van der Waals surface area contributed by atoms with Gasteiger partial charge in [-0.3, -0.25) is 14.3 Å². The van der Waals surface area contributed by atoms with Crippen LogP contribution in [0.2, 0.25) is 0 Å². The molecule has 3 aromatic rings. The van der Waals surface area contributed by atoms with Gasteiger partial charge in [0.2, 0.25) is 0 Å². The quantitative estimate of drug-likeness (QED) is 0.517. The summed E-state index contributed by atoms with van der Waals surface area (Å²) < 4.78 is 6.79. The lowest BCUT2D eigenvalue weighted by atomic mass is 10.2. The van der Waals surface area contributed by atoms with E-state index >= 15 is 0 Å². The minimum absolute atomic E-state index is 0.296. The number of carbonyl (C=O) groups excluding carboxylic acids is 1. The molecule has 2 aromatic heterocycles. The van der Waals surface area contributed by atoms with E-state index in [0.29, 0.717) is 11.0 Å². The van der Waals surface area contributed by atoms with Crippen LogP contribution >= 0.6 is 11.8 Å². The van der Waals surface area contributed by atoms with E-state index in [1.165, 1.54) is 18.9 Å². The smallest absolute Gasteiger partial charge is 0.318 e. The minimum atomic E-state index is -0.387. The van der Waals surface area contributed by atoms with Crippen LogP contribution in [-0.4, -0.2) is 38.1 Å². The van der Waals surface area contributed by atoms with Gasteiger partial charge >= 0.3 is 5.97 Å². The highest BCUT2D eigenvalue weighted by atomic mass is 32.2. The Morgan fingerprint density at radius 3 is 2.56 bits per heavy atom. The molecule has 6 nitrogen and oxygen atoms in total. The Morgan fingerprint density at radius 1 is 1.16 bits per heavy atom. The van der Waals surface area contributed by atoms with Gasteiger partial charge in [0.25, 0.3) is 0 Å². The average Bonchev–Trinajstić information content (AvgIpc) is 3.05. The number of carbonyl (C=O) groups is 1. The number of esters is 1. The minimum Gasteiger partial charge on any atom is -0.468 e. The molecule has 128 valence electrons. The highest BCUT2D eigenvalue weighted by Gasteiger charge is 2.22. The van der Waals surface area contributed by atoms with Crippen molar-refractivity contribution in [2.75, 3.05) is 7.11 Å². The molecule has 1 unspecified atom stereocenters. The third kappa shape index (κ3) is 3.56. The van der Waals surface area contributed by atoms with E-state index in [1.807, 2.05) is 47.9 Å². The standard InChI is InChI=1S/C18H18N4O2S/c1-12-6-4-5-7-15(12)22-16(14-8-10-19-11-9-14)20-21-18(22)25-13(2)17(23)24-3/h4-11,13H,1-3H3. The number of para-hydroxylation sites is 1. The van der Waals surface area contributed by atoms with Gasteiger partial charge in [0.15, 0.2) is 11.0 Å². The van der Waals surface area contributed by atoms with Gasteiger partial charge in [0.05, 0.1) is 12.8 Å². The molecule has 2 heterocycles. The summed E-state index contributed by atoms with van der Waals surface area (Å²) in [5, 5.41) is 8.92. The number of ether oxygens (including phenoxy) is 1. The molecular weight excluding hydrogens is 336 g/mol. The van der Waals surface area contributed by atoms with Crippen molar-refractivity contribution in [3.8, 4) is 17.1 Å². The summed E-state index contributed by atoms with van der Waals surface area (Å²) in [6, 6.07) is 11.8. The maximum Gasteiger partial charge on any atom is 0.318 e. The van der Waals surface area contributed by atoms with Gasteiger partial charge in [0.1, 0.15) is 5.25 Å². The topological polar surface area (TPSA) is 69.9 Å². The van der Waals surface area contributed by atoms with Crippen molar-refractivity contribution in [3.05, 3.63) is 54.4 Å². The molecule has 1 aromatic carbocycles. The monoisotopic (exact) mass is 354 g/mol. The van der Waals surface area contributed by atoms with Gasteiger partial charge in [-0.1, -0.05) is 30.0 Å². The SMILES string of the molecule is COC(=O)C(C)Sc1nnc(-c2ccncc2)n1-c1ccccc1C. The van der Waals surface area contributed by atoms with E-state index < -0.39 is 0 Å². The highest BCUT2D eigenvalue weighted by Crippen LogP contribution is 2.31. The molecule has 0 saturated heterocycles. The van der Waals surface area contributed by atoms with Crippen LogP contribution in [0.4, 0.5) is 0 Å². The third-order valence-corrected chi connectivity index (χ3v) is 4.76. The maximum atomic E-state index is 11.8. The zero-order valence-electron chi connectivity index (χ0n) is 14.2. The molecule has 0 aliphatic heterocycles. The zero-order chi connectivity index (χ0) is 17.8. The van der Waals surface area contributed by atoms with E-state index in [4.69, 9.17) is 4.74 Å². The molecule has 1 atom stereocenters. The molecule has 0 amide bonds. The lowest BCUT2D eigenvalue weighted by Crippen LogP contribution is -2.15. The summed E-state index contributed by atoms with van der Waals surface area (Å²) >= 11 is 1.32. The zero-order valence-corrected chi connectivity index (χ0v) is 15.0. The summed E-state index contributed by atoms with van der Waals surface area (Å²) in [5.74, 6) is 0.408. The Morgan fingerprint density at radius 2 is 1.88 bits per heavy atom. The first-order valence-corrected chi connectivity index (χ1v) is 8.66. The Labute approximate surface area is 150 Å². The number of aryl methyl sites for hydroxylation is 1. The molecule has 0 aliphatic rings. The first kappa shape index (κ1) is 17.2. The van der Waals surface area contributed by atoms with E-state index in [1.54, 1.807) is 19.3 Å². The van der Waals surface area contributed by atoms with Gasteiger partial charge < -0.3 is 4.74 Å². The first-order chi connectivity index (χ1) is 12.1. The van der Waals surface area contributed by atoms with Crippen molar-refractivity contribution >= 4 is 17.7 Å². The van der Waals surface area contributed by atoms with Crippen LogP contribution in [0, 0.1) is 6.92 Å². The first-order valence-electron chi connectivity index (χ1n) is 7.78. The fourth-order valence-electron chi connectivity index (χ4n) is 2.44. The van der Waals surface area contributed by atoms with Crippen molar-refractivity contribution in [1.29, 1.82) is 0 Å². The molecule has 3 rings (SSSR count). The maximum absolute atomic E-state index is 11.8. The second kappa shape index (κ2) is 7.48. The second-order valence-corrected chi connectivity index (χ2v) is 6.76. The average molecular weight is 354 g/mol. The van der Waals surface area contributed by atoms with Crippen molar-refractivity contribution in [1.82, 2.24) is 19.7 Å². The Balaban J connectivity index is 2.12. The summed E-state index contributed by atoms with van der Waals surface area (Å²) in [6.45, 7) is 3.82. The number of nitrogens with zero attached hydrogens (tertiary/aromatic N) is 4. The van der Waals surface area contributed by atoms with Crippen LogP contribution in [0.3, 0.4) is 0 Å². The predicted octanol–water partition coefficient (Wildman–Crippen LogP) is 3.29. The van der Waals surface area contributed by atoms with Crippen LogP contribution < -0.4 is 0 Å². The normalized spacial score (nSPS) is 12.0. The largest absolute Gasteiger partial charge is 0.468 e. The number of benzene rings is 1.